The molecule has 0 aliphatic heterocycles. The molecule has 0 atom stereocenters. The van der Waals surface area contributed by atoms with Crippen molar-refractivity contribution in [3.63, 3.8) is 0 Å². The fraction of sp³-hybridized carbons (Fsp3) is 0.958. The van der Waals surface area contributed by atoms with Crippen LogP contribution in [0.25, 0.3) is 0 Å². The first-order chi connectivity index (χ1) is 13.1. The molecule has 0 fully saturated rings. The SMILES string of the molecule is CCCCCCCCCCCCCCCCC(=O)OCC(CC)(CC)CO. The summed E-state index contributed by atoms with van der Waals surface area (Å²) < 4.78 is 5.39. The number of carbonyl (C=O) groups excluding carboxylic acids is 1. The van der Waals surface area contributed by atoms with Crippen LogP contribution in [0.2, 0.25) is 0 Å². The van der Waals surface area contributed by atoms with Gasteiger partial charge in [-0.25, -0.2) is 0 Å². The van der Waals surface area contributed by atoms with Gasteiger partial charge < -0.3 is 9.84 Å². The Morgan fingerprint density at radius 1 is 0.704 bits per heavy atom. The summed E-state index contributed by atoms with van der Waals surface area (Å²) in [5, 5.41) is 9.51. The Morgan fingerprint density at radius 2 is 1.11 bits per heavy atom. The third kappa shape index (κ3) is 15.1. The van der Waals surface area contributed by atoms with Gasteiger partial charge in [-0.1, -0.05) is 104 Å². The van der Waals surface area contributed by atoms with Crippen molar-refractivity contribution in [3.05, 3.63) is 0 Å². The van der Waals surface area contributed by atoms with E-state index in [0.717, 1.165) is 25.7 Å². The second-order valence-electron chi connectivity index (χ2n) is 8.37. The van der Waals surface area contributed by atoms with Gasteiger partial charge in [-0.15, -0.1) is 0 Å². The molecule has 0 aliphatic rings. The summed E-state index contributed by atoms with van der Waals surface area (Å²) in [4.78, 5) is 11.9. The minimum atomic E-state index is -0.245. The van der Waals surface area contributed by atoms with Gasteiger partial charge in [0.2, 0.25) is 0 Å². The summed E-state index contributed by atoms with van der Waals surface area (Å²) in [6.45, 7) is 6.80. The molecule has 27 heavy (non-hydrogen) atoms. The Labute approximate surface area is 169 Å². The highest BCUT2D eigenvalue weighted by Crippen LogP contribution is 2.26. The van der Waals surface area contributed by atoms with Crippen LogP contribution in [0, 0.1) is 5.41 Å². The van der Waals surface area contributed by atoms with E-state index < -0.39 is 0 Å². The number of rotatable bonds is 20. The van der Waals surface area contributed by atoms with Crippen LogP contribution in [0.3, 0.4) is 0 Å². The average molecular weight is 385 g/mol. The van der Waals surface area contributed by atoms with Gasteiger partial charge in [-0.3, -0.25) is 4.79 Å². The maximum atomic E-state index is 11.9. The van der Waals surface area contributed by atoms with E-state index in [1.807, 2.05) is 13.8 Å². The topological polar surface area (TPSA) is 46.5 Å². The van der Waals surface area contributed by atoms with Gasteiger partial charge in [-0.05, 0) is 19.3 Å². The zero-order chi connectivity index (χ0) is 20.2. The van der Waals surface area contributed by atoms with Gasteiger partial charge in [0.1, 0.15) is 0 Å². The molecule has 1 N–H and O–H groups in total. The molecule has 0 rings (SSSR count). The maximum Gasteiger partial charge on any atom is 0.305 e. The first kappa shape index (κ1) is 26.4. The summed E-state index contributed by atoms with van der Waals surface area (Å²) in [5.74, 6) is -0.103. The van der Waals surface area contributed by atoms with Gasteiger partial charge in [0.15, 0.2) is 0 Å². The summed E-state index contributed by atoms with van der Waals surface area (Å²) in [6, 6.07) is 0. The third-order valence-electron chi connectivity index (χ3n) is 6.11. The van der Waals surface area contributed by atoms with Crippen LogP contribution in [0.4, 0.5) is 0 Å². The second-order valence-corrected chi connectivity index (χ2v) is 8.37. The maximum absolute atomic E-state index is 11.9. The molecule has 0 saturated carbocycles. The van der Waals surface area contributed by atoms with Crippen LogP contribution in [-0.2, 0) is 9.53 Å². The monoisotopic (exact) mass is 384 g/mol. The first-order valence-electron chi connectivity index (χ1n) is 11.9. The average Bonchev–Trinajstić information content (AvgIpc) is 2.69. The van der Waals surface area contributed by atoms with E-state index in [2.05, 4.69) is 6.92 Å². The van der Waals surface area contributed by atoms with Crippen molar-refractivity contribution >= 4 is 5.97 Å². The molecule has 3 nitrogen and oxygen atoms in total. The molecule has 3 heteroatoms. The molecule has 0 bridgehead atoms. The van der Waals surface area contributed by atoms with Crippen LogP contribution in [0.5, 0.6) is 0 Å². The summed E-state index contributed by atoms with van der Waals surface area (Å²) in [6.07, 6.45) is 20.7. The number of aliphatic hydroxyl groups excluding tert-OH is 1. The van der Waals surface area contributed by atoms with Crippen molar-refractivity contribution in [3.8, 4) is 0 Å². The first-order valence-corrected chi connectivity index (χ1v) is 11.9. The van der Waals surface area contributed by atoms with Crippen molar-refractivity contribution in [2.45, 2.75) is 130 Å². The molecule has 0 radical (unpaired) electrons. The number of aliphatic hydroxyl groups is 1. The Balaban J connectivity index is 3.38. The molecule has 0 unspecified atom stereocenters. The van der Waals surface area contributed by atoms with Gasteiger partial charge in [0, 0.05) is 11.8 Å². The highest BCUT2D eigenvalue weighted by atomic mass is 16.5. The predicted molar refractivity (Wildman–Crippen MR) is 116 cm³/mol. The Hall–Kier alpha value is -0.570. The lowest BCUT2D eigenvalue weighted by Gasteiger charge is -2.28. The van der Waals surface area contributed by atoms with E-state index in [1.54, 1.807) is 0 Å². The highest BCUT2D eigenvalue weighted by molar-refractivity contribution is 5.69. The normalized spacial score (nSPS) is 11.7. The molecule has 0 aromatic rings. The summed E-state index contributed by atoms with van der Waals surface area (Å²) in [7, 11) is 0. The highest BCUT2D eigenvalue weighted by Gasteiger charge is 2.27. The van der Waals surface area contributed by atoms with Crippen LogP contribution in [0.1, 0.15) is 130 Å². The predicted octanol–water partition coefficient (Wildman–Crippen LogP) is 7.20. The molecular weight excluding hydrogens is 336 g/mol. The summed E-state index contributed by atoms with van der Waals surface area (Å²) in [5.41, 5.74) is -0.245. The molecule has 0 aliphatic carbocycles. The second kappa shape index (κ2) is 18.8. The number of hydrogen-bond acceptors (Lipinski definition) is 3. The molecule has 162 valence electrons. The lowest BCUT2D eigenvalue weighted by atomic mass is 9.84. The fourth-order valence-corrected chi connectivity index (χ4v) is 3.49. The van der Waals surface area contributed by atoms with E-state index in [1.165, 1.54) is 77.0 Å². The van der Waals surface area contributed by atoms with Crippen molar-refractivity contribution < 1.29 is 14.6 Å². The Bertz CT molecular complexity index is 315. The standard InChI is InChI=1S/C24H48O3/c1-4-7-8-9-10-11-12-13-14-15-16-17-18-19-20-23(26)27-22-24(5-2,6-3)21-25/h25H,4-22H2,1-3H3. The number of carbonyl (C=O) groups is 1. The zero-order valence-corrected chi connectivity index (χ0v) is 18.7. The van der Waals surface area contributed by atoms with Crippen LogP contribution < -0.4 is 0 Å². The minimum Gasteiger partial charge on any atom is -0.465 e. The summed E-state index contributed by atoms with van der Waals surface area (Å²) >= 11 is 0. The molecule has 0 aromatic heterocycles. The largest absolute Gasteiger partial charge is 0.465 e. The molecule has 0 aromatic carbocycles. The molecular formula is C24H48O3. The van der Waals surface area contributed by atoms with Crippen molar-refractivity contribution in [1.29, 1.82) is 0 Å². The van der Waals surface area contributed by atoms with E-state index in [9.17, 15) is 9.90 Å². The lowest BCUT2D eigenvalue weighted by Crippen LogP contribution is -2.31. The lowest BCUT2D eigenvalue weighted by molar-refractivity contribution is -0.148. The fourth-order valence-electron chi connectivity index (χ4n) is 3.49. The molecule has 0 spiro atoms. The molecule has 0 saturated heterocycles. The third-order valence-corrected chi connectivity index (χ3v) is 6.11. The van der Waals surface area contributed by atoms with Crippen LogP contribution in [-0.4, -0.2) is 24.3 Å². The van der Waals surface area contributed by atoms with Crippen molar-refractivity contribution in [2.24, 2.45) is 5.41 Å². The Kier molecular flexibility index (Phi) is 18.4. The van der Waals surface area contributed by atoms with E-state index in [0.29, 0.717) is 13.0 Å². The van der Waals surface area contributed by atoms with Gasteiger partial charge in [0.05, 0.1) is 13.2 Å². The van der Waals surface area contributed by atoms with E-state index in [4.69, 9.17) is 4.74 Å². The zero-order valence-electron chi connectivity index (χ0n) is 18.7. The van der Waals surface area contributed by atoms with Gasteiger partial charge >= 0.3 is 5.97 Å². The van der Waals surface area contributed by atoms with Crippen molar-refractivity contribution in [1.82, 2.24) is 0 Å². The minimum absolute atomic E-state index is 0.0894. The van der Waals surface area contributed by atoms with Gasteiger partial charge in [-0.2, -0.15) is 0 Å². The van der Waals surface area contributed by atoms with Gasteiger partial charge in [0.25, 0.3) is 0 Å². The number of unbranched alkanes of at least 4 members (excludes halogenated alkanes) is 13. The number of esters is 1. The Morgan fingerprint density at radius 3 is 1.48 bits per heavy atom. The number of hydrogen-bond donors (Lipinski definition) is 1. The number of ether oxygens (including phenoxy) is 1. The van der Waals surface area contributed by atoms with Crippen LogP contribution >= 0.6 is 0 Å². The smallest absolute Gasteiger partial charge is 0.305 e. The van der Waals surface area contributed by atoms with Crippen LogP contribution in [0.15, 0.2) is 0 Å². The van der Waals surface area contributed by atoms with Crippen molar-refractivity contribution in [2.75, 3.05) is 13.2 Å². The van der Waals surface area contributed by atoms with E-state index >= 15 is 0 Å². The molecule has 0 amide bonds. The van der Waals surface area contributed by atoms with E-state index in [-0.39, 0.29) is 18.0 Å². The quantitative estimate of drug-likeness (QED) is 0.178. The molecule has 0 heterocycles.